The van der Waals surface area contributed by atoms with Crippen LogP contribution in [0.15, 0.2) is 77.9 Å². The van der Waals surface area contributed by atoms with E-state index < -0.39 is 16.8 Å². The standard InChI is InChI=1S/C22H17N3O6/c1-30-19-11-10-15(12-20(19)31-22(27)16-6-3-2-4-7-16)14-23-24-21(26)17-8-5-9-18(13-17)25(28)29/h2-14H,1H3,(H,24,26)/b23-14+. The zero-order valence-electron chi connectivity index (χ0n) is 16.3. The van der Waals surface area contributed by atoms with E-state index in [0.717, 1.165) is 6.07 Å². The van der Waals surface area contributed by atoms with E-state index in [0.29, 0.717) is 16.9 Å². The van der Waals surface area contributed by atoms with Crippen LogP contribution >= 0.6 is 0 Å². The van der Waals surface area contributed by atoms with Gasteiger partial charge in [0.15, 0.2) is 11.5 Å². The monoisotopic (exact) mass is 419 g/mol. The zero-order chi connectivity index (χ0) is 22.2. The molecule has 3 rings (SSSR count). The fraction of sp³-hybridized carbons (Fsp3) is 0.0455. The number of amides is 1. The average molecular weight is 419 g/mol. The normalized spacial score (nSPS) is 10.5. The summed E-state index contributed by atoms with van der Waals surface area (Å²) in [6.45, 7) is 0. The highest BCUT2D eigenvalue weighted by atomic mass is 16.6. The summed E-state index contributed by atoms with van der Waals surface area (Å²) in [6.07, 6.45) is 1.34. The van der Waals surface area contributed by atoms with Crippen molar-refractivity contribution in [2.45, 2.75) is 0 Å². The summed E-state index contributed by atoms with van der Waals surface area (Å²) in [7, 11) is 1.45. The molecule has 0 atom stereocenters. The molecule has 0 bridgehead atoms. The lowest BCUT2D eigenvalue weighted by molar-refractivity contribution is -0.384. The molecule has 1 amide bonds. The summed E-state index contributed by atoms with van der Waals surface area (Å²) in [5.74, 6) is -0.622. The second kappa shape index (κ2) is 9.79. The lowest BCUT2D eigenvalue weighted by Crippen LogP contribution is -2.17. The van der Waals surface area contributed by atoms with Crippen molar-refractivity contribution in [3.63, 3.8) is 0 Å². The Labute approximate surface area is 177 Å². The van der Waals surface area contributed by atoms with Crippen molar-refractivity contribution in [3.05, 3.63) is 99.6 Å². The van der Waals surface area contributed by atoms with Crippen LogP contribution in [-0.2, 0) is 0 Å². The highest BCUT2D eigenvalue weighted by Crippen LogP contribution is 2.28. The van der Waals surface area contributed by atoms with Crippen molar-refractivity contribution in [2.75, 3.05) is 7.11 Å². The van der Waals surface area contributed by atoms with Crippen molar-refractivity contribution < 1.29 is 24.0 Å². The molecule has 31 heavy (non-hydrogen) atoms. The lowest BCUT2D eigenvalue weighted by Gasteiger charge is -2.10. The average Bonchev–Trinajstić information content (AvgIpc) is 2.79. The number of hydrazone groups is 1. The van der Waals surface area contributed by atoms with Gasteiger partial charge in [-0.1, -0.05) is 24.3 Å². The third-order valence-corrected chi connectivity index (χ3v) is 4.10. The van der Waals surface area contributed by atoms with E-state index in [1.807, 2.05) is 0 Å². The molecule has 0 heterocycles. The largest absolute Gasteiger partial charge is 0.493 e. The molecular weight excluding hydrogens is 402 g/mol. The fourth-order valence-electron chi connectivity index (χ4n) is 2.58. The topological polar surface area (TPSA) is 120 Å². The summed E-state index contributed by atoms with van der Waals surface area (Å²) < 4.78 is 10.6. The van der Waals surface area contributed by atoms with Crippen LogP contribution < -0.4 is 14.9 Å². The van der Waals surface area contributed by atoms with E-state index in [1.165, 1.54) is 37.6 Å². The third-order valence-electron chi connectivity index (χ3n) is 4.10. The van der Waals surface area contributed by atoms with Gasteiger partial charge in [0.05, 0.1) is 23.8 Å². The SMILES string of the molecule is COc1ccc(/C=N/NC(=O)c2cccc([N+](=O)[O-])c2)cc1OC(=O)c1ccccc1. The first-order valence-electron chi connectivity index (χ1n) is 9.01. The molecule has 0 saturated carbocycles. The van der Waals surface area contributed by atoms with Crippen LogP contribution in [0.2, 0.25) is 0 Å². The minimum Gasteiger partial charge on any atom is -0.493 e. The number of nitro groups is 1. The van der Waals surface area contributed by atoms with Crippen LogP contribution in [0.5, 0.6) is 11.5 Å². The van der Waals surface area contributed by atoms with Crippen LogP contribution in [-0.4, -0.2) is 30.1 Å². The summed E-state index contributed by atoms with van der Waals surface area (Å²) in [4.78, 5) is 34.7. The number of ether oxygens (including phenoxy) is 2. The maximum absolute atomic E-state index is 12.3. The van der Waals surface area contributed by atoms with Crippen molar-refractivity contribution in [1.82, 2.24) is 5.43 Å². The maximum Gasteiger partial charge on any atom is 0.343 e. The predicted octanol–water partition coefficient (Wildman–Crippen LogP) is 3.59. The Hall–Kier alpha value is -4.53. The molecule has 0 aliphatic heterocycles. The van der Waals surface area contributed by atoms with E-state index in [1.54, 1.807) is 42.5 Å². The Kier molecular flexibility index (Phi) is 6.69. The molecule has 0 aromatic heterocycles. The number of hydrogen-bond acceptors (Lipinski definition) is 7. The number of benzene rings is 3. The van der Waals surface area contributed by atoms with E-state index >= 15 is 0 Å². The van der Waals surface area contributed by atoms with E-state index in [-0.39, 0.29) is 17.0 Å². The molecule has 0 fully saturated rings. The van der Waals surface area contributed by atoms with Gasteiger partial charge in [-0.05, 0) is 42.0 Å². The Balaban J connectivity index is 1.71. The number of rotatable bonds is 7. The Morgan fingerprint density at radius 1 is 0.968 bits per heavy atom. The maximum atomic E-state index is 12.3. The van der Waals surface area contributed by atoms with Gasteiger partial charge in [-0.15, -0.1) is 0 Å². The molecule has 0 saturated heterocycles. The zero-order valence-corrected chi connectivity index (χ0v) is 16.3. The highest BCUT2D eigenvalue weighted by molar-refractivity contribution is 5.95. The van der Waals surface area contributed by atoms with Gasteiger partial charge in [-0.25, -0.2) is 10.2 Å². The van der Waals surface area contributed by atoms with Gasteiger partial charge in [0.1, 0.15) is 0 Å². The van der Waals surface area contributed by atoms with E-state index in [9.17, 15) is 19.7 Å². The van der Waals surface area contributed by atoms with Crippen LogP contribution in [0.4, 0.5) is 5.69 Å². The van der Waals surface area contributed by atoms with Crippen LogP contribution in [0.1, 0.15) is 26.3 Å². The number of hydrogen-bond donors (Lipinski definition) is 1. The molecule has 3 aromatic rings. The minimum absolute atomic E-state index is 0.0959. The molecule has 0 radical (unpaired) electrons. The number of non-ortho nitro benzene ring substituents is 1. The number of nitrogens with one attached hydrogen (secondary N) is 1. The van der Waals surface area contributed by atoms with Crippen LogP contribution in [0.3, 0.4) is 0 Å². The van der Waals surface area contributed by atoms with Gasteiger partial charge in [-0.2, -0.15) is 5.10 Å². The molecule has 9 heteroatoms. The molecule has 9 nitrogen and oxygen atoms in total. The van der Waals surface area contributed by atoms with Gasteiger partial charge in [0.2, 0.25) is 0 Å². The molecule has 1 N–H and O–H groups in total. The number of carbonyl (C=O) groups is 2. The number of methoxy groups -OCH3 is 1. The summed E-state index contributed by atoms with van der Waals surface area (Å²) in [5.41, 5.74) is 3.10. The van der Waals surface area contributed by atoms with E-state index in [2.05, 4.69) is 10.5 Å². The first-order valence-corrected chi connectivity index (χ1v) is 9.01. The molecule has 156 valence electrons. The summed E-state index contributed by atoms with van der Waals surface area (Å²) in [5, 5.41) is 14.7. The second-order valence-corrected chi connectivity index (χ2v) is 6.17. The number of nitro benzene ring substituents is 1. The number of nitrogens with zero attached hydrogens (tertiary/aromatic N) is 2. The number of esters is 1. The van der Waals surface area contributed by atoms with Crippen molar-refractivity contribution in [1.29, 1.82) is 0 Å². The third kappa shape index (κ3) is 5.51. The summed E-state index contributed by atoms with van der Waals surface area (Å²) in [6, 6.07) is 18.6. The van der Waals surface area contributed by atoms with Crippen LogP contribution in [0.25, 0.3) is 0 Å². The van der Waals surface area contributed by atoms with Gasteiger partial charge >= 0.3 is 5.97 Å². The lowest BCUT2D eigenvalue weighted by atomic mass is 10.2. The quantitative estimate of drug-likeness (QED) is 0.205. The number of carbonyl (C=O) groups excluding carboxylic acids is 2. The van der Waals surface area contributed by atoms with Gasteiger partial charge in [0, 0.05) is 17.7 Å². The molecule has 0 aliphatic rings. The predicted molar refractivity (Wildman–Crippen MR) is 113 cm³/mol. The Bertz CT molecular complexity index is 1140. The molecule has 3 aromatic carbocycles. The molecular formula is C22H17N3O6. The van der Waals surface area contributed by atoms with Crippen molar-refractivity contribution >= 4 is 23.8 Å². The molecule has 0 aliphatic carbocycles. The Morgan fingerprint density at radius 3 is 2.42 bits per heavy atom. The smallest absolute Gasteiger partial charge is 0.343 e. The van der Waals surface area contributed by atoms with Gasteiger partial charge in [0.25, 0.3) is 11.6 Å². The summed E-state index contributed by atoms with van der Waals surface area (Å²) >= 11 is 0. The van der Waals surface area contributed by atoms with E-state index in [4.69, 9.17) is 9.47 Å². The second-order valence-electron chi connectivity index (χ2n) is 6.17. The van der Waals surface area contributed by atoms with Gasteiger partial charge in [-0.3, -0.25) is 14.9 Å². The minimum atomic E-state index is -0.607. The Morgan fingerprint density at radius 2 is 1.71 bits per heavy atom. The molecule has 0 spiro atoms. The first kappa shape index (κ1) is 21.2. The highest BCUT2D eigenvalue weighted by Gasteiger charge is 2.13. The molecule has 0 unspecified atom stereocenters. The van der Waals surface area contributed by atoms with Crippen LogP contribution in [0, 0.1) is 10.1 Å². The fourth-order valence-corrected chi connectivity index (χ4v) is 2.58. The van der Waals surface area contributed by atoms with Crippen molar-refractivity contribution in [3.8, 4) is 11.5 Å². The van der Waals surface area contributed by atoms with Crippen molar-refractivity contribution in [2.24, 2.45) is 5.10 Å². The first-order chi connectivity index (χ1) is 15.0. The van der Waals surface area contributed by atoms with Gasteiger partial charge < -0.3 is 9.47 Å².